The van der Waals surface area contributed by atoms with E-state index in [2.05, 4.69) is 15.6 Å². The van der Waals surface area contributed by atoms with Crippen molar-refractivity contribution < 1.29 is 23.5 Å². The second kappa shape index (κ2) is 9.81. The Morgan fingerprint density at radius 2 is 1.86 bits per heavy atom. The number of anilines is 2. The predicted molar refractivity (Wildman–Crippen MR) is 139 cm³/mol. The smallest absolute Gasteiger partial charge is 0.408 e. The number of carbonyl (C=O) groups excluding carboxylic acids is 3. The number of ether oxygens (including phenoxy) is 1. The lowest BCUT2D eigenvalue weighted by Crippen LogP contribution is -2.35. The average Bonchev–Trinajstić information content (AvgIpc) is 3.35. The maximum atomic E-state index is 13.2. The summed E-state index contributed by atoms with van der Waals surface area (Å²) in [7, 11) is 0. The Kier molecular flexibility index (Phi) is 6.54. The summed E-state index contributed by atoms with van der Waals surface area (Å²) in [4.78, 5) is 53.7. The highest BCUT2D eigenvalue weighted by atomic mass is 35.5. The molecule has 4 aromatic rings. The molecule has 1 aliphatic heterocycles. The maximum Gasteiger partial charge on any atom is 0.417 e. The number of rotatable bonds is 4. The van der Waals surface area contributed by atoms with Crippen LogP contribution in [0.25, 0.3) is 11.1 Å². The van der Waals surface area contributed by atoms with Crippen LogP contribution >= 0.6 is 34.5 Å². The van der Waals surface area contributed by atoms with Crippen molar-refractivity contribution in [3.8, 4) is 5.75 Å². The SMILES string of the molecule is NC(=O)Oc1c(NC(=O)Nc2cc(Cl)cc(Cl)c2)sc2c1CCN(C(=O)c1ccc3[nH]c(=O)oc3c1)C2. The maximum absolute atomic E-state index is 13.2. The van der Waals surface area contributed by atoms with E-state index in [0.717, 1.165) is 11.3 Å². The molecule has 3 heterocycles. The molecule has 0 fully saturated rings. The van der Waals surface area contributed by atoms with E-state index in [9.17, 15) is 19.2 Å². The topological polar surface area (TPSA) is 160 Å². The van der Waals surface area contributed by atoms with Gasteiger partial charge in [0.1, 0.15) is 5.00 Å². The molecule has 0 bridgehead atoms. The molecule has 11 nitrogen and oxygen atoms in total. The number of thiophene rings is 1. The normalized spacial score (nSPS) is 12.8. The molecule has 190 valence electrons. The molecule has 0 unspecified atom stereocenters. The van der Waals surface area contributed by atoms with Gasteiger partial charge in [0.25, 0.3) is 5.91 Å². The lowest BCUT2D eigenvalue weighted by Gasteiger charge is -2.27. The van der Waals surface area contributed by atoms with E-state index in [0.29, 0.717) is 50.2 Å². The Morgan fingerprint density at radius 3 is 2.59 bits per heavy atom. The standard InChI is InChI=1S/C23H17Cl2N5O6S/c24-11-6-12(25)8-13(7-11)27-22(33)29-19-18(36-21(26)32)14-3-4-30(9-17(14)37-19)20(31)10-1-2-15-16(5-10)35-23(34)28-15/h1-2,5-8H,3-4,9H2,(H2,26,32)(H,28,34)(H2,27,29,33). The number of nitrogens with zero attached hydrogens (tertiary/aromatic N) is 1. The van der Waals surface area contributed by atoms with Crippen LogP contribution in [0.1, 0.15) is 20.8 Å². The van der Waals surface area contributed by atoms with E-state index < -0.39 is 17.9 Å². The Balaban J connectivity index is 1.37. The van der Waals surface area contributed by atoms with Gasteiger partial charge in [-0.2, -0.15) is 0 Å². The first-order valence-corrected chi connectivity index (χ1v) is 12.3. The lowest BCUT2D eigenvalue weighted by molar-refractivity contribution is 0.0736. The van der Waals surface area contributed by atoms with Crippen molar-refractivity contribution in [3.63, 3.8) is 0 Å². The Bertz CT molecular complexity index is 1610. The fourth-order valence-corrected chi connectivity index (χ4v) is 5.70. The highest BCUT2D eigenvalue weighted by Crippen LogP contribution is 2.43. The van der Waals surface area contributed by atoms with Gasteiger partial charge in [0.15, 0.2) is 11.3 Å². The Morgan fingerprint density at radius 1 is 1.11 bits per heavy atom. The van der Waals surface area contributed by atoms with Crippen molar-refractivity contribution in [1.82, 2.24) is 9.88 Å². The molecule has 5 N–H and O–H groups in total. The number of urea groups is 1. The third-order valence-corrected chi connectivity index (χ3v) is 7.06. The number of carbonyl (C=O) groups is 3. The van der Waals surface area contributed by atoms with Crippen LogP contribution in [0.3, 0.4) is 0 Å². The Labute approximate surface area is 222 Å². The van der Waals surface area contributed by atoms with Gasteiger partial charge in [-0.3, -0.25) is 15.1 Å². The summed E-state index contributed by atoms with van der Waals surface area (Å²) >= 11 is 13.1. The van der Waals surface area contributed by atoms with Gasteiger partial charge < -0.3 is 25.1 Å². The van der Waals surface area contributed by atoms with Gasteiger partial charge in [0, 0.05) is 38.3 Å². The van der Waals surface area contributed by atoms with Gasteiger partial charge in [0.2, 0.25) is 0 Å². The summed E-state index contributed by atoms with van der Waals surface area (Å²) in [6, 6.07) is 8.64. The molecule has 0 aliphatic carbocycles. The van der Waals surface area contributed by atoms with E-state index in [4.69, 9.17) is 38.1 Å². The van der Waals surface area contributed by atoms with Crippen molar-refractivity contribution in [2.75, 3.05) is 17.2 Å². The third kappa shape index (κ3) is 5.26. The van der Waals surface area contributed by atoms with E-state index >= 15 is 0 Å². The van der Waals surface area contributed by atoms with Crippen molar-refractivity contribution in [1.29, 1.82) is 0 Å². The van der Waals surface area contributed by atoms with Crippen LogP contribution in [0, 0.1) is 0 Å². The first-order valence-electron chi connectivity index (χ1n) is 10.7. The van der Waals surface area contributed by atoms with Crippen LogP contribution in [0.2, 0.25) is 10.0 Å². The molecule has 14 heteroatoms. The highest BCUT2D eigenvalue weighted by molar-refractivity contribution is 7.17. The second-order valence-electron chi connectivity index (χ2n) is 8.02. The van der Waals surface area contributed by atoms with Gasteiger partial charge in [-0.1, -0.05) is 23.2 Å². The number of oxazole rings is 1. The van der Waals surface area contributed by atoms with Crippen molar-refractivity contribution in [2.45, 2.75) is 13.0 Å². The summed E-state index contributed by atoms with van der Waals surface area (Å²) in [5.41, 5.74) is 7.40. The molecule has 37 heavy (non-hydrogen) atoms. The molecule has 2 aromatic carbocycles. The van der Waals surface area contributed by atoms with Crippen LogP contribution < -0.4 is 26.9 Å². The number of H-pyrrole nitrogens is 1. The molecule has 0 radical (unpaired) electrons. The molecule has 0 saturated carbocycles. The van der Waals surface area contributed by atoms with E-state index in [1.54, 1.807) is 17.0 Å². The van der Waals surface area contributed by atoms with Crippen LogP contribution in [-0.4, -0.2) is 34.5 Å². The number of aromatic amines is 1. The number of fused-ring (bicyclic) bond motifs is 2. The molecule has 4 amide bonds. The van der Waals surface area contributed by atoms with Crippen molar-refractivity contribution >= 4 is 74.4 Å². The van der Waals surface area contributed by atoms with Gasteiger partial charge >= 0.3 is 17.9 Å². The number of hydrogen-bond acceptors (Lipinski definition) is 7. The fraction of sp³-hybridized carbons (Fsp3) is 0.130. The van der Waals surface area contributed by atoms with Crippen LogP contribution in [0.4, 0.5) is 20.3 Å². The van der Waals surface area contributed by atoms with Crippen LogP contribution in [0.5, 0.6) is 5.75 Å². The van der Waals surface area contributed by atoms with Gasteiger partial charge in [-0.25, -0.2) is 14.4 Å². The zero-order valence-corrected chi connectivity index (χ0v) is 21.1. The summed E-state index contributed by atoms with van der Waals surface area (Å²) in [6.45, 7) is 0.524. The zero-order chi connectivity index (χ0) is 26.3. The number of nitrogens with two attached hydrogens (primary N) is 1. The summed E-state index contributed by atoms with van der Waals surface area (Å²) in [6.07, 6.45) is -0.681. The van der Waals surface area contributed by atoms with E-state index in [1.165, 1.54) is 24.3 Å². The average molecular weight is 562 g/mol. The van der Waals surface area contributed by atoms with Crippen LogP contribution in [-0.2, 0) is 13.0 Å². The molecule has 0 saturated heterocycles. The minimum atomic E-state index is -1.04. The first kappa shape index (κ1) is 24.7. The third-order valence-electron chi connectivity index (χ3n) is 5.51. The summed E-state index contributed by atoms with van der Waals surface area (Å²) in [5, 5.41) is 6.21. The fourth-order valence-electron chi connectivity index (χ4n) is 3.99. The number of nitrogens with one attached hydrogen (secondary N) is 3. The van der Waals surface area contributed by atoms with Gasteiger partial charge in [0.05, 0.1) is 12.1 Å². The molecule has 1 aliphatic rings. The van der Waals surface area contributed by atoms with Crippen molar-refractivity contribution in [2.24, 2.45) is 5.73 Å². The highest BCUT2D eigenvalue weighted by Gasteiger charge is 2.30. The second-order valence-corrected chi connectivity index (χ2v) is 10.0. The van der Waals surface area contributed by atoms with Crippen LogP contribution in [0.15, 0.2) is 45.6 Å². The number of amides is 4. The number of benzene rings is 2. The molecular formula is C23H17Cl2N5O6S. The van der Waals surface area contributed by atoms with Gasteiger partial charge in [-0.15, -0.1) is 11.3 Å². The van der Waals surface area contributed by atoms with E-state index in [1.807, 2.05) is 0 Å². The summed E-state index contributed by atoms with van der Waals surface area (Å²) < 4.78 is 10.3. The number of hydrogen-bond donors (Lipinski definition) is 4. The predicted octanol–water partition coefficient (Wildman–Crippen LogP) is 4.79. The molecule has 5 rings (SSSR count). The Hall–Kier alpha value is -4.00. The molecule has 2 aromatic heterocycles. The lowest BCUT2D eigenvalue weighted by atomic mass is 10.1. The number of halogens is 2. The minimum absolute atomic E-state index is 0.134. The monoisotopic (exact) mass is 561 g/mol. The number of aromatic nitrogens is 1. The van der Waals surface area contributed by atoms with Crippen molar-refractivity contribution in [3.05, 3.63) is 73.0 Å². The largest absolute Gasteiger partial charge is 0.417 e. The number of primary amides is 1. The zero-order valence-electron chi connectivity index (χ0n) is 18.7. The molecule has 0 spiro atoms. The van der Waals surface area contributed by atoms with E-state index in [-0.39, 0.29) is 28.8 Å². The first-order chi connectivity index (χ1) is 17.7. The molecular weight excluding hydrogens is 545 g/mol. The quantitative estimate of drug-likeness (QED) is 0.280. The minimum Gasteiger partial charge on any atom is -0.408 e. The van der Waals surface area contributed by atoms with Gasteiger partial charge in [-0.05, 0) is 42.8 Å². The molecule has 0 atom stereocenters. The summed E-state index contributed by atoms with van der Waals surface area (Å²) in [5.74, 6) is -0.744.